The van der Waals surface area contributed by atoms with Gasteiger partial charge < -0.3 is 10.6 Å². The van der Waals surface area contributed by atoms with Gasteiger partial charge in [0, 0.05) is 19.0 Å². The maximum absolute atomic E-state index is 4.66. The Bertz CT molecular complexity index is 634. The molecule has 0 saturated carbocycles. The van der Waals surface area contributed by atoms with E-state index in [9.17, 15) is 0 Å². The second-order valence-electron chi connectivity index (χ2n) is 5.66. The molecule has 2 aromatic rings. The van der Waals surface area contributed by atoms with Gasteiger partial charge in [-0.1, -0.05) is 54.6 Å². The van der Waals surface area contributed by atoms with E-state index < -0.39 is 0 Å². The number of aliphatic imine (C=N–C) groups is 1. The average Bonchev–Trinajstić information content (AvgIpc) is 2.54. The summed E-state index contributed by atoms with van der Waals surface area (Å²) in [5.74, 6) is 1.51. The molecule has 0 radical (unpaired) electrons. The number of guanidine groups is 1. The first-order chi connectivity index (χ1) is 10.9. The van der Waals surface area contributed by atoms with Crippen molar-refractivity contribution < 1.29 is 0 Å². The van der Waals surface area contributed by atoms with Gasteiger partial charge in [0.1, 0.15) is 0 Å². The van der Waals surface area contributed by atoms with Crippen LogP contribution in [-0.4, -0.2) is 19.0 Å². The number of nitrogens with zero attached hydrogens (tertiary/aromatic N) is 1. The predicted molar refractivity (Wildman–Crippen MR) is 92.1 cm³/mol. The molecule has 1 aliphatic carbocycles. The Morgan fingerprint density at radius 1 is 1.05 bits per heavy atom. The smallest absolute Gasteiger partial charge is 0.191 e. The van der Waals surface area contributed by atoms with E-state index >= 15 is 0 Å². The molecule has 0 amide bonds. The van der Waals surface area contributed by atoms with Crippen LogP contribution in [0, 0.1) is 0 Å². The molecule has 22 heavy (non-hydrogen) atoms. The van der Waals surface area contributed by atoms with Gasteiger partial charge in [-0.05, 0) is 30.0 Å². The standard InChI is InChI=1S/C19H23N3/c1-2-20-19(21-13-15-8-4-3-5-9-15)22-14-17-12-16-10-6-7-11-18(16)17/h3-11,17H,2,12-14H2,1H3,(H2,20,21,22). The summed E-state index contributed by atoms with van der Waals surface area (Å²) in [5.41, 5.74) is 4.20. The van der Waals surface area contributed by atoms with Gasteiger partial charge in [-0.3, -0.25) is 0 Å². The van der Waals surface area contributed by atoms with Crippen molar-refractivity contribution >= 4 is 5.96 Å². The van der Waals surface area contributed by atoms with Crippen LogP contribution in [0.15, 0.2) is 59.6 Å². The van der Waals surface area contributed by atoms with E-state index in [1.165, 1.54) is 23.1 Å². The quantitative estimate of drug-likeness (QED) is 0.656. The van der Waals surface area contributed by atoms with Crippen LogP contribution in [0.4, 0.5) is 0 Å². The third-order valence-corrected chi connectivity index (χ3v) is 4.08. The highest BCUT2D eigenvalue weighted by Crippen LogP contribution is 2.33. The Hall–Kier alpha value is -2.29. The van der Waals surface area contributed by atoms with E-state index in [4.69, 9.17) is 0 Å². The predicted octanol–water partition coefficient (Wildman–Crippen LogP) is 3.08. The molecular weight excluding hydrogens is 270 g/mol. The summed E-state index contributed by atoms with van der Waals surface area (Å²) >= 11 is 0. The fourth-order valence-electron chi connectivity index (χ4n) is 2.86. The van der Waals surface area contributed by atoms with Gasteiger partial charge in [0.15, 0.2) is 5.96 Å². The minimum Gasteiger partial charge on any atom is -0.357 e. The van der Waals surface area contributed by atoms with Crippen LogP contribution in [0.1, 0.15) is 29.5 Å². The van der Waals surface area contributed by atoms with Crippen molar-refractivity contribution in [3.63, 3.8) is 0 Å². The Morgan fingerprint density at radius 2 is 1.82 bits per heavy atom. The highest BCUT2D eigenvalue weighted by molar-refractivity contribution is 5.79. The molecule has 0 heterocycles. The lowest BCUT2D eigenvalue weighted by molar-refractivity contribution is 0.584. The topological polar surface area (TPSA) is 36.4 Å². The van der Waals surface area contributed by atoms with Crippen LogP contribution < -0.4 is 10.6 Å². The molecule has 0 saturated heterocycles. The zero-order valence-electron chi connectivity index (χ0n) is 13.0. The number of benzene rings is 2. The van der Waals surface area contributed by atoms with E-state index in [0.717, 1.165) is 19.0 Å². The molecule has 0 aliphatic heterocycles. The molecule has 114 valence electrons. The minimum atomic E-state index is 0.608. The molecule has 0 spiro atoms. The van der Waals surface area contributed by atoms with Gasteiger partial charge in [-0.2, -0.15) is 0 Å². The van der Waals surface area contributed by atoms with Crippen molar-refractivity contribution in [2.24, 2.45) is 4.99 Å². The maximum Gasteiger partial charge on any atom is 0.191 e. The first-order valence-electron chi connectivity index (χ1n) is 8.00. The normalized spacial score (nSPS) is 16.6. The first-order valence-corrected chi connectivity index (χ1v) is 8.00. The van der Waals surface area contributed by atoms with Gasteiger partial charge in [0.05, 0.1) is 6.54 Å². The first kappa shape index (κ1) is 14.6. The molecule has 3 nitrogen and oxygen atoms in total. The number of hydrogen-bond acceptors (Lipinski definition) is 1. The largest absolute Gasteiger partial charge is 0.357 e. The molecule has 1 unspecified atom stereocenters. The molecule has 2 N–H and O–H groups in total. The van der Waals surface area contributed by atoms with Crippen molar-refractivity contribution in [2.75, 3.05) is 13.1 Å². The van der Waals surface area contributed by atoms with Gasteiger partial charge in [0.25, 0.3) is 0 Å². The summed E-state index contributed by atoms with van der Waals surface area (Å²) in [5, 5.41) is 6.79. The molecule has 2 aromatic carbocycles. The van der Waals surface area contributed by atoms with Crippen molar-refractivity contribution in [1.82, 2.24) is 10.6 Å². The third-order valence-electron chi connectivity index (χ3n) is 4.08. The summed E-state index contributed by atoms with van der Waals surface area (Å²) < 4.78 is 0. The monoisotopic (exact) mass is 293 g/mol. The van der Waals surface area contributed by atoms with E-state index in [1.807, 2.05) is 6.07 Å². The highest BCUT2D eigenvalue weighted by Gasteiger charge is 2.25. The fourth-order valence-corrected chi connectivity index (χ4v) is 2.86. The average molecular weight is 293 g/mol. The Kier molecular flexibility index (Phi) is 4.74. The van der Waals surface area contributed by atoms with Crippen molar-refractivity contribution in [3.05, 3.63) is 71.3 Å². The molecule has 1 aliphatic rings. The van der Waals surface area contributed by atoms with Gasteiger partial charge >= 0.3 is 0 Å². The number of hydrogen-bond donors (Lipinski definition) is 2. The number of rotatable bonds is 5. The Balaban J connectivity index is 1.56. The zero-order valence-corrected chi connectivity index (χ0v) is 13.0. The highest BCUT2D eigenvalue weighted by atomic mass is 15.2. The third kappa shape index (κ3) is 3.48. The minimum absolute atomic E-state index is 0.608. The maximum atomic E-state index is 4.66. The number of nitrogens with one attached hydrogen (secondary N) is 2. The van der Waals surface area contributed by atoms with Crippen LogP contribution >= 0.6 is 0 Å². The van der Waals surface area contributed by atoms with Crippen LogP contribution in [0.25, 0.3) is 0 Å². The van der Waals surface area contributed by atoms with E-state index in [2.05, 4.69) is 71.1 Å². The van der Waals surface area contributed by atoms with Crippen molar-refractivity contribution in [2.45, 2.75) is 25.8 Å². The molecule has 0 fully saturated rings. The van der Waals surface area contributed by atoms with Crippen LogP contribution in [0.3, 0.4) is 0 Å². The second-order valence-corrected chi connectivity index (χ2v) is 5.66. The van der Waals surface area contributed by atoms with Crippen molar-refractivity contribution in [3.8, 4) is 0 Å². The van der Waals surface area contributed by atoms with E-state index in [1.54, 1.807) is 0 Å². The van der Waals surface area contributed by atoms with Crippen LogP contribution in [0.5, 0.6) is 0 Å². The fraction of sp³-hybridized carbons (Fsp3) is 0.316. The zero-order chi connectivity index (χ0) is 15.2. The summed E-state index contributed by atoms with van der Waals surface area (Å²) in [7, 11) is 0. The second kappa shape index (κ2) is 7.12. The Labute approximate surface area is 132 Å². The summed E-state index contributed by atoms with van der Waals surface area (Å²) in [4.78, 5) is 4.66. The molecule has 3 heteroatoms. The van der Waals surface area contributed by atoms with Crippen LogP contribution in [0.2, 0.25) is 0 Å². The number of fused-ring (bicyclic) bond motifs is 1. The van der Waals surface area contributed by atoms with Gasteiger partial charge in [-0.15, -0.1) is 0 Å². The summed E-state index contributed by atoms with van der Waals surface area (Å²) in [6.45, 7) is 4.62. The summed E-state index contributed by atoms with van der Waals surface area (Å²) in [6.07, 6.45) is 1.17. The van der Waals surface area contributed by atoms with Crippen LogP contribution in [-0.2, 0) is 13.0 Å². The lowest BCUT2D eigenvalue weighted by Crippen LogP contribution is -2.41. The SMILES string of the molecule is CCNC(=NCc1ccccc1)NCC1Cc2ccccc21. The molecule has 1 atom stereocenters. The van der Waals surface area contributed by atoms with Gasteiger partial charge in [-0.25, -0.2) is 4.99 Å². The van der Waals surface area contributed by atoms with E-state index in [-0.39, 0.29) is 0 Å². The molecule has 0 aromatic heterocycles. The molecule has 0 bridgehead atoms. The molecule has 3 rings (SSSR count). The van der Waals surface area contributed by atoms with Gasteiger partial charge in [0.2, 0.25) is 0 Å². The van der Waals surface area contributed by atoms with Crippen molar-refractivity contribution in [1.29, 1.82) is 0 Å². The van der Waals surface area contributed by atoms with E-state index in [0.29, 0.717) is 12.5 Å². The lowest BCUT2D eigenvalue weighted by atomic mass is 9.78. The summed E-state index contributed by atoms with van der Waals surface area (Å²) in [6, 6.07) is 19.1. The lowest BCUT2D eigenvalue weighted by Gasteiger charge is -2.30. The Morgan fingerprint density at radius 3 is 2.59 bits per heavy atom. The molecular formula is C19H23N3.